The van der Waals surface area contributed by atoms with E-state index in [1.165, 1.54) is 16.7 Å². The van der Waals surface area contributed by atoms with Crippen LogP contribution >= 0.6 is 0 Å². The molecule has 0 aliphatic carbocycles. The number of hydrogen-bond acceptors (Lipinski definition) is 2. The van der Waals surface area contributed by atoms with Crippen molar-refractivity contribution >= 4 is 6.09 Å². The Bertz CT molecular complexity index is 667. The van der Waals surface area contributed by atoms with Crippen LogP contribution in [0.4, 0.5) is 4.79 Å². The maximum absolute atomic E-state index is 12.2. The van der Waals surface area contributed by atoms with Gasteiger partial charge in [0.1, 0.15) is 6.61 Å². The van der Waals surface area contributed by atoms with Crippen molar-refractivity contribution in [1.29, 1.82) is 0 Å². The molecule has 3 nitrogen and oxygen atoms in total. The van der Waals surface area contributed by atoms with E-state index in [0.29, 0.717) is 13.2 Å². The number of nitrogens with zero attached hydrogens (tertiary/aromatic N) is 1. The quantitative estimate of drug-likeness (QED) is 0.559. The van der Waals surface area contributed by atoms with Crippen molar-refractivity contribution in [3.05, 3.63) is 70.8 Å². The van der Waals surface area contributed by atoms with E-state index >= 15 is 0 Å². The molecule has 0 radical (unpaired) electrons. The van der Waals surface area contributed by atoms with E-state index in [9.17, 15) is 4.79 Å². The first-order chi connectivity index (χ1) is 12.5. The molecule has 140 valence electrons. The monoisotopic (exact) mass is 353 g/mol. The minimum Gasteiger partial charge on any atom is -0.445 e. The highest BCUT2D eigenvalue weighted by molar-refractivity contribution is 5.68. The molecule has 26 heavy (non-hydrogen) atoms. The molecule has 3 heteroatoms. The van der Waals surface area contributed by atoms with Crippen molar-refractivity contribution < 1.29 is 9.53 Å². The average molecular weight is 354 g/mol. The van der Waals surface area contributed by atoms with E-state index < -0.39 is 0 Å². The fourth-order valence-electron chi connectivity index (χ4n) is 2.87. The van der Waals surface area contributed by atoms with Gasteiger partial charge in [-0.05, 0) is 52.0 Å². The topological polar surface area (TPSA) is 29.5 Å². The van der Waals surface area contributed by atoms with E-state index in [1.807, 2.05) is 30.3 Å². The third-order valence-corrected chi connectivity index (χ3v) is 4.57. The molecule has 1 aromatic carbocycles. The number of hydrogen-bond donors (Lipinski definition) is 0. The molecular weight excluding hydrogens is 322 g/mol. The SMILES string of the molecule is CC(C)=CCC/C(C)=C/CC1=CCN(C(=O)OCc2ccccc2)CC1. The summed E-state index contributed by atoms with van der Waals surface area (Å²) in [6, 6.07) is 9.80. The lowest BCUT2D eigenvalue weighted by molar-refractivity contribution is 0.0989. The third-order valence-electron chi connectivity index (χ3n) is 4.57. The third kappa shape index (κ3) is 7.30. The van der Waals surface area contributed by atoms with Gasteiger partial charge in [-0.15, -0.1) is 0 Å². The van der Waals surface area contributed by atoms with Crippen molar-refractivity contribution in [2.24, 2.45) is 0 Å². The van der Waals surface area contributed by atoms with Crippen LogP contribution in [0.25, 0.3) is 0 Å². The fourth-order valence-corrected chi connectivity index (χ4v) is 2.87. The van der Waals surface area contributed by atoms with Crippen LogP contribution in [0.1, 0.15) is 52.0 Å². The molecule has 0 atom stereocenters. The molecule has 1 amide bonds. The summed E-state index contributed by atoms with van der Waals surface area (Å²) in [4.78, 5) is 14.0. The van der Waals surface area contributed by atoms with Gasteiger partial charge in [-0.3, -0.25) is 0 Å². The van der Waals surface area contributed by atoms with Crippen molar-refractivity contribution in [3.63, 3.8) is 0 Å². The van der Waals surface area contributed by atoms with Gasteiger partial charge < -0.3 is 9.64 Å². The lowest BCUT2D eigenvalue weighted by atomic mass is 10.0. The summed E-state index contributed by atoms with van der Waals surface area (Å²) in [5.41, 5.74) is 5.25. The molecular formula is C23H31NO2. The zero-order chi connectivity index (χ0) is 18.8. The minimum atomic E-state index is -0.224. The number of benzene rings is 1. The predicted molar refractivity (Wildman–Crippen MR) is 108 cm³/mol. The van der Waals surface area contributed by atoms with Gasteiger partial charge in [0.25, 0.3) is 0 Å². The molecule has 0 spiro atoms. The Morgan fingerprint density at radius 1 is 1.15 bits per heavy atom. The molecule has 0 N–H and O–H groups in total. The first-order valence-corrected chi connectivity index (χ1v) is 9.47. The van der Waals surface area contributed by atoms with Gasteiger partial charge in [-0.1, -0.05) is 65.3 Å². The lowest BCUT2D eigenvalue weighted by Crippen LogP contribution is -2.35. The molecule has 0 aromatic heterocycles. The molecule has 0 fully saturated rings. The van der Waals surface area contributed by atoms with Gasteiger partial charge in [0, 0.05) is 13.1 Å². The summed E-state index contributed by atoms with van der Waals surface area (Å²) < 4.78 is 5.40. The molecule has 0 unspecified atom stereocenters. The maximum atomic E-state index is 12.2. The lowest BCUT2D eigenvalue weighted by Gasteiger charge is -2.25. The summed E-state index contributed by atoms with van der Waals surface area (Å²) in [5, 5.41) is 0. The van der Waals surface area contributed by atoms with E-state index in [4.69, 9.17) is 4.74 Å². The van der Waals surface area contributed by atoms with Gasteiger partial charge in [-0.2, -0.15) is 0 Å². The van der Waals surface area contributed by atoms with Crippen LogP contribution in [0.5, 0.6) is 0 Å². The van der Waals surface area contributed by atoms with Crippen LogP contribution in [0.3, 0.4) is 0 Å². The number of rotatable bonds is 7. The Hall–Kier alpha value is -2.29. The number of amides is 1. The highest BCUT2D eigenvalue weighted by atomic mass is 16.6. The first-order valence-electron chi connectivity index (χ1n) is 9.47. The molecule has 1 aromatic rings. The number of ether oxygens (including phenoxy) is 1. The molecule has 1 aliphatic rings. The second-order valence-electron chi connectivity index (χ2n) is 7.17. The molecule has 0 bridgehead atoms. The van der Waals surface area contributed by atoms with Crippen molar-refractivity contribution in [2.45, 2.75) is 53.1 Å². The molecule has 0 saturated carbocycles. The zero-order valence-corrected chi connectivity index (χ0v) is 16.3. The normalized spacial score (nSPS) is 14.7. The maximum Gasteiger partial charge on any atom is 0.410 e. The Morgan fingerprint density at radius 2 is 1.92 bits per heavy atom. The molecule has 0 saturated heterocycles. The van der Waals surface area contributed by atoms with E-state index in [0.717, 1.165) is 37.8 Å². The summed E-state index contributed by atoms with van der Waals surface area (Å²) in [5.74, 6) is 0. The number of carbonyl (C=O) groups is 1. The van der Waals surface area contributed by atoms with E-state index in [2.05, 4.69) is 39.0 Å². The first kappa shape index (κ1) is 20.0. The largest absolute Gasteiger partial charge is 0.445 e. The van der Waals surface area contributed by atoms with Crippen LogP contribution in [-0.2, 0) is 11.3 Å². The fraction of sp³-hybridized carbons (Fsp3) is 0.435. The summed E-state index contributed by atoms with van der Waals surface area (Å²) in [6.45, 7) is 8.21. The second kappa shape index (κ2) is 10.6. The smallest absolute Gasteiger partial charge is 0.410 e. The van der Waals surface area contributed by atoms with Crippen molar-refractivity contribution in [3.8, 4) is 0 Å². The van der Waals surface area contributed by atoms with Gasteiger partial charge in [-0.25, -0.2) is 4.79 Å². The molecule has 1 aliphatic heterocycles. The van der Waals surface area contributed by atoms with Crippen LogP contribution < -0.4 is 0 Å². The average Bonchev–Trinajstić information content (AvgIpc) is 2.65. The number of carbonyl (C=O) groups excluding carboxylic acids is 1. The Morgan fingerprint density at radius 3 is 2.58 bits per heavy atom. The Labute approximate surface area is 158 Å². The highest BCUT2D eigenvalue weighted by Crippen LogP contribution is 2.18. The Balaban J connectivity index is 1.73. The molecule has 2 rings (SSSR count). The molecule has 1 heterocycles. The summed E-state index contributed by atoms with van der Waals surface area (Å²) in [6.07, 6.45) is 10.7. The van der Waals surface area contributed by atoms with Gasteiger partial charge in [0.15, 0.2) is 0 Å². The van der Waals surface area contributed by atoms with Gasteiger partial charge in [0.05, 0.1) is 0 Å². The summed E-state index contributed by atoms with van der Waals surface area (Å²) in [7, 11) is 0. The van der Waals surface area contributed by atoms with Crippen LogP contribution in [0.2, 0.25) is 0 Å². The zero-order valence-electron chi connectivity index (χ0n) is 16.3. The Kier molecular flexibility index (Phi) is 8.20. The van der Waals surface area contributed by atoms with Crippen molar-refractivity contribution in [1.82, 2.24) is 4.90 Å². The van der Waals surface area contributed by atoms with Crippen LogP contribution in [-0.4, -0.2) is 24.1 Å². The van der Waals surface area contributed by atoms with Crippen LogP contribution in [0, 0.1) is 0 Å². The predicted octanol–water partition coefficient (Wildman–Crippen LogP) is 6.04. The minimum absolute atomic E-state index is 0.224. The number of allylic oxidation sites excluding steroid dienone is 4. The highest BCUT2D eigenvalue weighted by Gasteiger charge is 2.18. The van der Waals surface area contributed by atoms with Crippen LogP contribution in [0.15, 0.2) is 65.3 Å². The van der Waals surface area contributed by atoms with Gasteiger partial charge in [0.2, 0.25) is 0 Å². The van der Waals surface area contributed by atoms with E-state index in [-0.39, 0.29) is 6.09 Å². The summed E-state index contributed by atoms with van der Waals surface area (Å²) >= 11 is 0. The standard InChI is InChI=1S/C23H31NO2/c1-19(2)8-7-9-20(3)12-13-21-14-16-24(17-15-21)23(25)26-18-22-10-5-4-6-11-22/h4-6,8,10-12,14H,7,9,13,15-18H2,1-3H3/b20-12+. The van der Waals surface area contributed by atoms with Crippen molar-refractivity contribution in [2.75, 3.05) is 13.1 Å². The second-order valence-corrected chi connectivity index (χ2v) is 7.17. The van der Waals surface area contributed by atoms with E-state index in [1.54, 1.807) is 4.90 Å². The van der Waals surface area contributed by atoms with Gasteiger partial charge >= 0.3 is 6.09 Å².